The molecule has 2 rings (SSSR count). The molecule has 0 fully saturated rings. The van der Waals surface area contributed by atoms with Crippen LogP contribution in [0.1, 0.15) is 12.2 Å². The largest absolute Gasteiger partial charge is 0.304 e. The fourth-order valence-electron chi connectivity index (χ4n) is 1.36. The fraction of sp³-hybridized carbons (Fsp3) is 0.222. The van der Waals surface area contributed by atoms with Gasteiger partial charge in [-0.25, -0.2) is 0 Å². The van der Waals surface area contributed by atoms with E-state index in [1.807, 2.05) is 13.1 Å². The van der Waals surface area contributed by atoms with Gasteiger partial charge in [-0.3, -0.25) is 9.89 Å². The molecule has 5 heteroatoms. The molecule has 1 aliphatic rings. The Morgan fingerprint density at radius 1 is 1.64 bits per heavy atom. The van der Waals surface area contributed by atoms with Crippen molar-refractivity contribution in [1.29, 1.82) is 0 Å². The molecule has 1 N–H and O–H groups in total. The van der Waals surface area contributed by atoms with Crippen molar-refractivity contribution in [2.45, 2.75) is 6.42 Å². The van der Waals surface area contributed by atoms with Crippen LogP contribution in [0.2, 0.25) is 0 Å². The summed E-state index contributed by atoms with van der Waals surface area (Å²) in [6.45, 7) is 0. The van der Waals surface area contributed by atoms with E-state index in [-0.39, 0.29) is 5.78 Å². The van der Waals surface area contributed by atoms with Gasteiger partial charge in [0.2, 0.25) is 0 Å². The summed E-state index contributed by atoms with van der Waals surface area (Å²) in [4.78, 5) is 11.2. The number of nitrogens with zero attached hydrogens (tertiary/aromatic N) is 2. The lowest BCUT2D eigenvalue weighted by Crippen LogP contribution is -2.04. The van der Waals surface area contributed by atoms with Crippen molar-refractivity contribution in [2.24, 2.45) is 7.05 Å². The lowest BCUT2D eigenvalue weighted by molar-refractivity contribution is -0.113. The number of hydrogen-bond acceptors (Lipinski definition) is 3. The van der Waals surface area contributed by atoms with Crippen molar-refractivity contribution in [3.8, 4) is 0 Å². The van der Waals surface area contributed by atoms with Gasteiger partial charge in [-0.1, -0.05) is 12.2 Å². The van der Waals surface area contributed by atoms with Crippen molar-refractivity contribution in [2.75, 3.05) is 0 Å². The van der Waals surface area contributed by atoms with E-state index in [2.05, 4.69) is 10.2 Å². The average Bonchev–Trinajstić information content (AvgIpc) is 2.48. The van der Waals surface area contributed by atoms with Gasteiger partial charge in [0, 0.05) is 19.0 Å². The van der Waals surface area contributed by atoms with Crippen molar-refractivity contribution < 1.29 is 4.79 Å². The number of hydrogen-bond donors (Lipinski definition) is 1. The standard InChI is InChI=1S/C9H9N3OS/c1-12-8(10-11-9(12)14)6-3-2-4-7(13)5-6/h2-4H,5H2,1H3,(H,11,14). The molecule has 0 aliphatic heterocycles. The van der Waals surface area contributed by atoms with Gasteiger partial charge in [0.15, 0.2) is 16.4 Å². The molecule has 1 aromatic heterocycles. The predicted octanol–water partition coefficient (Wildman–Crippen LogP) is 1.39. The molecule has 0 amide bonds. The second-order valence-corrected chi connectivity index (χ2v) is 3.49. The number of carbonyl (C=O) groups excluding carboxylic acids is 1. The van der Waals surface area contributed by atoms with Gasteiger partial charge in [-0.05, 0) is 18.3 Å². The summed E-state index contributed by atoms with van der Waals surface area (Å²) in [5.41, 5.74) is 0.896. The van der Waals surface area contributed by atoms with Crippen LogP contribution in [0.25, 0.3) is 5.57 Å². The molecule has 0 bridgehead atoms. The smallest absolute Gasteiger partial charge is 0.195 e. The molecule has 0 spiro atoms. The minimum Gasteiger partial charge on any atom is -0.304 e. The van der Waals surface area contributed by atoms with Crippen molar-refractivity contribution in [3.05, 3.63) is 28.8 Å². The summed E-state index contributed by atoms with van der Waals surface area (Å²) in [5, 5.41) is 6.75. The van der Waals surface area contributed by atoms with Crippen LogP contribution in [0.15, 0.2) is 18.2 Å². The normalized spacial score (nSPS) is 15.8. The van der Waals surface area contributed by atoms with Gasteiger partial charge in [0.1, 0.15) is 0 Å². The summed E-state index contributed by atoms with van der Waals surface area (Å²) in [6, 6.07) is 0. The van der Waals surface area contributed by atoms with Crippen LogP contribution >= 0.6 is 12.2 Å². The molecule has 1 aliphatic carbocycles. The predicted molar refractivity (Wildman–Crippen MR) is 55.1 cm³/mol. The summed E-state index contributed by atoms with van der Waals surface area (Å²) in [5.74, 6) is 0.823. The van der Waals surface area contributed by atoms with Gasteiger partial charge in [-0.15, -0.1) is 0 Å². The Bertz CT molecular complexity index is 492. The molecule has 0 radical (unpaired) electrons. The van der Waals surface area contributed by atoms with Gasteiger partial charge in [-0.2, -0.15) is 5.10 Å². The van der Waals surface area contributed by atoms with E-state index in [1.165, 1.54) is 0 Å². The van der Waals surface area contributed by atoms with Crippen molar-refractivity contribution >= 4 is 23.6 Å². The number of ketones is 1. The topological polar surface area (TPSA) is 50.7 Å². The van der Waals surface area contributed by atoms with E-state index in [4.69, 9.17) is 12.2 Å². The zero-order valence-electron chi connectivity index (χ0n) is 7.65. The monoisotopic (exact) mass is 207 g/mol. The Kier molecular flexibility index (Phi) is 2.17. The molecule has 1 heterocycles. The van der Waals surface area contributed by atoms with E-state index in [0.717, 1.165) is 11.4 Å². The zero-order valence-corrected chi connectivity index (χ0v) is 8.47. The first-order valence-corrected chi connectivity index (χ1v) is 4.61. The molecule has 72 valence electrons. The third kappa shape index (κ3) is 1.46. The number of aromatic amines is 1. The second kappa shape index (κ2) is 3.34. The highest BCUT2D eigenvalue weighted by Crippen LogP contribution is 2.19. The summed E-state index contributed by atoms with van der Waals surface area (Å²) in [6.07, 6.45) is 5.57. The SMILES string of the molecule is Cn1c(C2=CC=CC(=O)C2)n[nH]c1=S. The Labute approximate surface area is 85.9 Å². The minimum absolute atomic E-state index is 0.0939. The molecule has 1 aromatic rings. The highest BCUT2D eigenvalue weighted by molar-refractivity contribution is 7.71. The zero-order chi connectivity index (χ0) is 10.1. The lowest BCUT2D eigenvalue weighted by atomic mass is 10.0. The van der Waals surface area contributed by atoms with Gasteiger partial charge in [0.05, 0.1) is 0 Å². The fourth-order valence-corrected chi connectivity index (χ4v) is 1.50. The van der Waals surface area contributed by atoms with E-state index >= 15 is 0 Å². The Hall–Kier alpha value is -1.49. The van der Waals surface area contributed by atoms with Crippen LogP contribution in [0.5, 0.6) is 0 Å². The summed E-state index contributed by atoms with van der Waals surface area (Å²) >= 11 is 4.99. The first-order chi connectivity index (χ1) is 6.68. The van der Waals surface area contributed by atoms with Gasteiger partial charge in [0.25, 0.3) is 0 Å². The maximum absolute atomic E-state index is 11.2. The Morgan fingerprint density at radius 2 is 2.43 bits per heavy atom. The number of nitrogens with one attached hydrogen (secondary N) is 1. The highest BCUT2D eigenvalue weighted by Gasteiger charge is 2.13. The van der Waals surface area contributed by atoms with Gasteiger partial charge >= 0.3 is 0 Å². The van der Waals surface area contributed by atoms with E-state index in [1.54, 1.807) is 16.7 Å². The molecule has 0 atom stereocenters. The number of H-pyrrole nitrogens is 1. The van der Waals surface area contributed by atoms with E-state index < -0.39 is 0 Å². The molecule has 4 nitrogen and oxygen atoms in total. The average molecular weight is 207 g/mol. The van der Waals surface area contributed by atoms with Crippen LogP contribution < -0.4 is 0 Å². The molecule has 0 saturated carbocycles. The van der Waals surface area contributed by atoms with Crippen molar-refractivity contribution in [3.63, 3.8) is 0 Å². The van der Waals surface area contributed by atoms with Crippen LogP contribution in [0.3, 0.4) is 0 Å². The first kappa shape index (κ1) is 9.08. The van der Waals surface area contributed by atoms with E-state index in [9.17, 15) is 4.79 Å². The molecule has 0 unspecified atom stereocenters. The lowest BCUT2D eigenvalue weighted by Gasteiger charge is -2.06. The van der Waals surface area contributed by atoms with Crippen molar-refractivity contribution in [1.82, 2.24) is 14.8 Å². The molecule has 0 saturated heterocycles. The highest BCUT2D eigenvalue weighted by atomic mass is 32.1. The second-order valence-electron chi connectivity index (χ2n) is 3.11. The molecular weight excluding hydrogens is 198 g/mol. The van der Waals surface area contributed by atoms with Crippen LogP contribution in [-0.2, 0) is 11.8 Å². The first-order valence-electron chi connectivity index (χ1n) is 4.20. The quantitative estimate of drug-likeness (QED) is 0.708. The third-order valence-corrected chi connectivity index (χ3v) is 2.48. The molecule has 14 heavy (non-hydrogen) atoms. The maximum atomic E-state index is 11.2. The summed E-state index contributed by atoms with van der Waals surface area (Å²) < 4.78 is 2.32. The van der Waals surface area contributed by atoms with E-state index in [0.29, 0.717) is 11.2 Å². The number of rotatable bonds is 1. The number of allylic oxidation sites excluding steroid dienone is 4. The molecule has 0 aromatic carbocycles. The minimum atomic E-state index is 0.0939. The number of carbonyl (C=O) groups is 1. The maximum Gasteiger partial charge on any atom is 0.195 e. The Balaban J connectivity index is 2.46. The summed E-state index contributed by atoms with van der Waals surface area (Å²) in [7, 11) is 1.82. The Morgan fingerprint density at radius 3 is 3.00 bits per heavy atom. The van der Waals surface area contributed by atoms with Crippen LogP contribution in [-0.4, -0.2) is 20.5 Å². The number of aromatic nitrogens is 3. The third-order valence-electron chi connectivity index (χ3n) is 2.11. The molecular formula is C9H9N3OS. The van der Waals surface area contributed by atoms with Crippen LogP contribution in [0, 0.1) is 4.77 Å². The van der Waals surface area contributed by atoms with Gasteiger partial charge < -0.3 is 4.57 Å². The van der Waals surface area contributed by atoms with Crippen LogP contribution in [0.4, 0.5) is 0 Å².